The van der Waals surface area contributed by atoms with Crippen LogP contribution >= 0.6 is 0 Å². The quantitative estimate of drug-likeness (QED) is 0.0397. The Labute approximate surface area is 292 Å². The van der Waals surface area contributed by atoms with Crippen LogP contribution in [0.15, 0.2) is 36.5 Å². The molecule has 0 saturated carbocycles. The van der Waals surface area contributed by atoms with Gasteiger partial charge < -0.3 is 20.6 Å². The van der Waals surface area contributed by atoms with E-state index in [4.69, 9.17) is 0 Å². The summed E-state index contributed by atoms with van der Waals surface area (Å²) in [5.41, 5.74) is 0. The van der Waals surface area contributed by atoms with Gasteiger partial charge in [0, 0.05) is 0 Å². The van der Waals surface area contributed by atoms with Gasteiger partial charge in [0.25, 0.3) is 0 Å². The summed E-state index contributed by atoms with van der Waals surface area (Å²) in [5, 5.41) is 33.1. The highest BCUT2D eigenvalue weighted by Gasteiger charge is 2.22. The number of allylic oxidation sites excluding steroid dienone is 5. The van der Waals surface area contributed by atoms with Gasteiger partial charge in [-0.1, -0.05) is 185 Å². The van der Waals surface area contributed by atoms with Gasteiger partial charge in [-0.2, -0.15) is 0 Å². The zero-order chi connectivity index (χ0) is 34.5. The largest absolute Gasteiger partial charge is 0.394 e. The van der Waals surface area contributed by atoms with Crippen LogP contribution in [0.3, 0.4) is 0 Å². The molecule has 47 heavy (non-hydrogen) atoms. The van der Waals surface area contributed by atoms with Crippen molar-refractivity contribution in [1.29, 1.82) is 0 Å². The number of unbranched alkanes of at least 4 members (excludes halogenated alkanes) is 24. The molecule has 0 aromatic carbocycles. The predicted octanol–water partition coefficient (Wildman–Crippen LogP) is 11.2. The van der Waals surface area contributed by atoms with Crippen molar-refractivity contribution in [3.05, 3.63) is 36.5 Å². The third kappa shape index (κ3) is 32.9. The van der Waals surface area contributed by atoms with Gasteiger partial charge >= 0.3 is 0 Å². The van der Waals surface area contributed by atoms with Crippen LogP contribution in [0.1, 0.15) is 200 Å². The number of aliphatic hydroxyl groups is 3. The normalized spacial score (nSPS) is 14.1. The summed E-state index contributed by atoms with van der Waals surface area (Å²) < 4.78 is 0. The van der Waals surface area contributed by atoms with Gasteiger partial charge in [-0.3, -0.25) is 4.79 Å². The molecule has 0 heterocycles. The Morgan fingerprint density at radius 2 is 0.915 bits per heavy atom. The Hall–Kier alpha value is -1.43. The molecule has 0 aliphatic carbocycles. The molecule has 3 unspecified atom stereocenters. The molecule has 4 N–H and O–H groups in total. The summed E-state index contributed by atoms with van der Waals surface area (Å²) in [6, 6.07) is -0.801. The standard InChI is InChI=1S/C42H79NO4/c1-3-5-7-9-11-13-15-17-19-21-23-24-26-28-30-32-34-36-40(45)39(38-44)43-42(47)41(46)37-35-33-31-29-27-25-22-20-18-16-14-12-10-8-6-4-2/h12,14,18,20,34,36,39-41,44-46H,3-11,13,15-17,19,21-33,35,37-38H2,1-2H3,(H,43,47)/b14-12-,20-18-,36-34+. The Bertz CT molecular complexity index is 734. The fourth-order valence-electron chi connectivity index (χ4n) is 5.98. The second-order valence-corrected chi connectivity index (χ2v) is 13.8. The molecule has 0 bridgehead atoms. The molecule has 0 saturated heterocycles. The molecule has 0 fully saturated rings. The van der Waals surface area contributed by atoms with Crippen LogP contribution in [0.2, 0.25) is 0 Å². The lowest BCUT2D eigenvalue weighted by molar-refractivity contribution is -0.131. The van der Waals surface area contributed by atoms with E-state index in [2.05, 4.69) is 43.5 Å². The number of carbonyl (C=O) groups excluding carboxylic acids is 1. The summed E-state index contributed by atoms with van der Waals surface area (Å²) in [4.78, 5) is 12.4. The molecule has 0 aliphatic heterocycles. The van der Waals surface area contributed by atoms with E-state index in [9.17, 15) is 20.1 Å². The first kappa shape index (κ1) is 45.6. The predicted molar refractivity (Wildman–Crippen MR) is 204 cm³/mol. The van der Waals surface area contributed by atoms with Crippen LogP contribution in [-0.4, -0.2) is 46.1 Å². The number of hydrogen-bond acceptors (Lipinski definition) is 4. The molecule has 0 aliphatic rings. The fraction of sp³-hybridized carbons (Fsp3) is 0.833. The molecule has 1 amide bonds. The van der Waals surface area contributed by atoms with Gasteiger partial charge in [-0.05, 0) is 51.4 Å². The van der Waals surface area contributed by atoms with Crippen molar-refractivity contribution < 1.29 is 20.1 Å². The first-order valence-electron chi connectivity index (χ1n) is 20.3. The highest BCUT2D eigenvalue weighted by Crippen LogP contribution is 2.14. The fourth-order valence-corrected chi connectivity index (χ4v) is 5.98. The average Bonchev–Trinajstić information content (AvgIpc) is 3.07. The molecule has 0 aromatic rings. The second kappa shape index (κ2) is 37.4. The SMILES string of the molecule is CCCCC/C=C\C/C=C\CCCCCCCCC(O)C(=O)NC(CO)C(O)/C=C/CCCCCCCCCCCCCCCCC. The number of amides is 1. The first-order valence-corrected chi connectivity index (χ1v) is 20.3. The molecule has 0 radical (unpaired) electrons. The van der Waals surface area contributed by atoms with Crippen LogP contribution in [0, 0.1) is 0 Å². The topological polar surface area (TPSA) is 89.8 Å². The molecular weight excluding hydrogens is 582 g/mol. The summed E-state index contributed by atoms with van der Waals surface area (Å²) in [7, 11) is 0. The third-order valence-electron chi connectivity index (χ3n) is 9.23. The monoisotopic (exact) mass is 662 g/mol. The van der Waals surface area contributed by atoms with E-state index >= 15 is 0 Å². The van der Waals surface area contributed by atoms with Crippen LogP contribution < -0.4 is 5.32 Å². The molecule has 5 heteroatoms. The zero-order valence-corrected chi connectivity index (χ0v) is 31.2. The van der Waals surface area contributed by atoms with Gasteiger partial charge in [-0.15, -0.1) is 0 Å². The van der Waals surface area contributed by atoms with E-state index in [1.165, 1.54) is 135 Å². The number of carbonyl (C=O) groups is 1. The highest BCUT2D eigenvalue weighted by atomic mass is 16.3. The number of aliphatic hydroxyl groups excluding tert-OH is 3. The van der Waals surface area contributed by atoms with Gasteiger partial charge in [0.1, 0.15) is 6.10 Å². The van der Waals surface area contributed by atoms with Crippen molar-refractivity contribution in [2.45, 2.75) is 218 Å². The lowest BCUT2D eigenvalue weighted by Crippen LogP contribution is -2.48. The van der Waals surface area contributed by atoms with E-state index < -0.39 is 24.2 Å². The molecule has 3 atom stereocenters. The maximum Gasteiger partial charge on any atom is 0.249 e. The molecular formula is C42H79NO4. The third-order valence-corrected chi connectivity index (χ3v) is 9.23. The minimum absolute atomic E-state index is 0.367. The van der Waals surface area contributed by atoms with Gasteiger partial charge in [0.15, 0.2) is 0 Å². The van der Waals surface area contributed by atoms with Gasteiger partial charge in [-0.25, -0.2) is 0 Å². The van der Waals surface area contributed by atoms with E-state index in [1.54, 1.807) is 6.08 Å². The van der Waals surface area contributed by atoms with Gasteiger partial charge in [0.2, 0.25) is 5.91 Å². The average molecular weight is 662 g/mol. The van der Waals surface area contributed by atoms with Crippen molar-refractivity contribution >= 4 is 5.91 Å². The Kier molecular flexibility index (Phi) is 36.3. The second-order valence-electron chi connectivity index (χ2n) is 13.8. The van der Waals surface area contributed by atoms with Gasteiger partial charge in [0.05, 0.1) is 18.8 Å². The maximum atomic E-state index is 12.4. The van der Waals surface area contributed by atoms with Crippen LogP contribution in [-0.2, 0) is 4.79 Å². The highest BCUT2D eigenvalue weighted by molar-refractivity contribution is 5.80. The molecule has 0 rings (SSSR count). The summed E-state index contributed by atoms with van der Waals surface area (Å²) >= 11 is 0. The van der Waals surface area contributed by atoms with Crippen LogP contribution in [0.25, 0.3) is 0 Å². The van der Waals surface area contributed by atoms with Crippen molar-refractivity contribution in [3.8, 4) is 0 Å². The smallest absolute Gasteiger partial charge is 0.249 e. The van der Waals surface area contributed by atoms with E-state index in [1.807, 2.05) is 6.08 Å². The lowest BCUT2D eigenvalue weighted by atomic mass is 10.0. The molecule has 5 nitrogen and oxygen atoms in total. The lowest BCUT2D eigenvalue weighted by Gasteiger charge is -2.21. The summed E-state index contributed by atoms with van der Waals surface area (Å²) in [6.07, 6.45) is 45.9. The minimum Gasteiger partial charge on any atom is -0.394 e. The van der Waals surface area contributed by atoms with Crippen molar-refractivity contribution in [1.82, 2.24) is 5.32 Å². The summed E-state index contributed by atoms with van der Waals surface area (Å²) in [6.45, 7) is 4.14. The Morgan fingerprint density at radius 1 is 0.532 bits per heavy atom. The Balaban J connectivity index is 3.74. The minimum atomic E-state index is -1.11. The Morgan fingerprint density at radius 3 is 1.38 bits per heavy atom. The number of rotatable bonds is 36. The van der Waals surface area contributed by atoms with Crippen molar-refractivity contribution in [2.24, 2.45) is 0 Å². The molecule has 0 aromatic heterocycles. The van der Waals surface area contributed by atoms with E-state index in [0.717, 1.165) is 44.9 Å². The van der Waals surface area contributed by atoms with E-state index in [0.29, 0.717) is 6.42 Å². The van der Waals surface area contributed by atoms with E-state index in [-0.39, 0.29) is 6.61 Å². The van der Waals surface area contributed by atoms with Crippen molar-refractivity contribution in [3.63, 3.8) is 0 Å². The van der Waals surface area contributed by atoms with Crippen LogP contribution in [0.5, 0.6) is 0 Å². The molecule has 276 valence electrons. The first-order chi connectivity index (χ1) is 23.1. The van der Waals surface area contributed by atoms with Crippen molar-refractivity contribution in [2.75, 3.05) is 6.61 Å². The number of hydrogen-bond donors (Lipinski definition) is 4. The zero-order valence-electron chi connectivity index (χ0n) is 31.2. The maximum absolute atomic E-state index is 12.4. The number of nitrogens with one attached hydrogen (secondary N) is 1. The van der Waals surface area contributed by atoms with Crippen LogP contribution in [0.4, 0.5) is 0 Å². The summed E-state index contributed by atoms with van der Waals surface area (Å²) in [5.74, 6) is -0.512. The molecule has 0 spiro atoms.